The summed E-state index contributed by atoms with van der Waals surface area (Å²) < 4.78 is 14.5. The van der Waals surface area contributed by atoms with Crippen LogP contribution in [-0.2, 0) is 38.4 Å². The summed E-state index contributed by atoms with van der Waals surface area (Å²) in [6, 6.07) is -1.84. The third-order valence-corrected chi connectivity index (χ3v) is 13.1. The molecule has 0 saturated heterocycles. The van der Waals surface area contributed by atoms with Crippen LogP contribution in [0.4, 0.5) is 0 Å². The molecule has 284 valence electrons. The number of rotatable bonds is 29. The van der Waals surface area contributed by atoms with Crippen LogP contribution < -0.4 is 31.9 Å². The molecule has 0 aromatic heterocycles. The number of nitrogens with one attached hydrogen (secondary N) is 6. The van der Waals surface area contributed by atoms with E-state index in [0.29, 0.717) is 22.8 Å². The molecule has 1 aliphatic carbocycles. The van der Waals surface area contributed by atoms with Crippen LogP contribution >= 0.6 is 63.6 Å². The van der Waals surface area contributed by atoms with Gasteiger partial charge >= 0.3 is 0 Å². The molecule has 6 N–H and O–H groups in total. The Labute approximate surface area is 318 Å². The quantitative estimate of drug-likeness (QED) is 0.0260. The number of Topliss-reactive ketones (excluding diaryl/α,β-unsaturated/α-hetero) is 3. The average molecular weight is 817 g/mol. The number of thioether (sulfide) groups is 2. The largest absolute Gasteiger partial charge is 0.353 e. The van der Waals surface area contributed by atoms with Gasteiger partial charge in [0.15, 0.2) is 5.78 Å². The molecule has 1 rings (SSSR count). The standard InChI is InChI=1S/C30H50N6O8P2S4/c1-19(37)22(35-28(42)7-5-26(40)33-13-20(38)15-45)17-49-50-18-23(36-29(43)8-6-27(41)34-14-21(39)16-46)30(44)32-10-12-48-25-4-3-24(25)47-11-9-31-2/h15-16,22-25,31H,3-14,17-18,45-46H2,1-2H3,(H,32,44)(H,33,40)(H,34,41)(H,35,42)(H,36,43)/q-2/i15T,16T. The van der Waals surface area contributed by atoms with Gasteiger partial charge in [0.1, 0.15) is 6.04 Å². The van der Waals surface area contributed by atoms with E-state index in [4.69, 9.17) is 2.74 Å². The van der Waals surface area contributed by atoms with Gasteiger partial charge in [-0.2, -0.15) is 26.3 Å². The second kappa shape index (κ2) is 27.9. The number of hydrogen-bond donors (Lipinski definition) is 6. The Morgan fingerprint density at radius 3 is 1.58 bits per heavy atom. The fraction of sp³-hybridized carbons (Fsp3) is 0.667. The summed E-state index contributed by atoms with van der Waals surface area (Å²) in [6.07, 6.45) is 0.846. The van der Waals surface area contributed by atoms with Crippen molar-refractivity contribution in [2.75, 3.05) is 56.2 Å². The molecule has 0 aromatic rings. The number of carbonyl (C=O) groups excluding carboxylic acids is 8. The van der Waals surface area contributed by atoms with Gasteiger partial charge in [0.05, 0.1) is 6.04 Å². The zero-order chi connectivity index (χ0) is 39.1. The molecule has 1 saturated carbocycles. The molecule has 6 unspecified atom stereocenters. The molecule has 0 heterocycles. The van der Waals surface area contributed by atoms with Gasteiger partial charge in [-0.15, -0.1) is 0 Å². The summed E-state index contributed by atoms with van der Waals surface area (Å²) in [5, 5.41) is 17.1. The van der Waals surface area contributed by atoms with E-state index >= 15 is 0 Å². The second-order valence-electron chi connectivity index (χ2n) is 10.9. The Balaban J connectivity index is 2.64. The fourth-order valence-electron chi connectivity index (χ4n) is 3.94. The molecule has 1 aliphatic rings. The van der Waals surface area contributed by atoms with E-state index in [1.165, 1.54) is 34.9 Å². The fourth-order valence-corrected chi connectivity index (χ4v) is 9.48. The minimum atomic E-state index is -0.962. The third kappa shape index (κ3) is 21.6. The molecule has 0 radical (unpaired) electrons. The first-order chi connectivity index (χ1) is 24.6. The Morgan fingerprint density at radius 1 is 0.700 bits per heavy atom. The molecule has 0 aliphatic heterocycles. The highest BCUT2D eigenvalue weighted by Gasteiger charge is 2.31. The van der Waals surface area contributed by atoms with Gasteiger partial charge in [0, 0.05) is 96.9 Å². The molecular formula is C30H50N6O8P2S4-2. The lowest BCUT2D eigenvalue weighted by Gasteiger charge is -2.35. The Morgan fingerprint density at radius 2 is 1.14 bits per heavy atom. The molecule has 14 nitrogen and oxygen atoms in total. The van der Waals surface area contributed by atoms with Gasteiger partial charge in [0.25, 0.3) is 0 Å². The van der Waals surface area contributed by atoms with Crippen molar-refractivity contribution in [3.05, 3.63) is 12.3 Å². The predicted octanol–water partition coefficient (Wildman–Crippen LogP) is 0.264. The molecule has 50 heavy (non-hydrogen) atoms. The molecular weight excluding hydrogens is 763 g/mol. The highest BCUT2D eigenvalue weighted by atomic mass is 33.1. The summed E-state index contributed by atoms with van der Waals surface area (Å²) in [7, 11) is 8.22. The molecule has 20 heteroatoms. The predicted molar refractivity (Wildman–Crippen MR) is 211 cm³/mol. The van der Waals surface area contributed by atoms with E-state index in [9.17, 15) is 38.4 Å². The summed E-state index contributed by atoms with van der Waals surface area (Å²) in [5.74, 6) is -2.07. The summed E-state index contributed by atoms with van der Waals surface area (Å²) in [6.45, 7) is 1.94. The summed E-state index contributed by atoms with van der Waals surface area (Å²) >= 11 is 3.76. The summed E-state index contributed by atoms with van der Waals surface area (Å²) in [4.78, 5) is 97.6. The van der Waals surface area contributed by atoms with Crippen molar-refractivity contribution in [1.82, 2.24) is 31.9 Å². The van der Waals surface area contributed by atoms with Crippen molar-refractivity contribution in [2.24, 2.45) is 0 Å². The Hall–Kier alpha value is -1.68. The van der Waals surface area contributed by atoms with Crippen molar-refractivity contribution >= 4 is 110 Å². The lowest BCUT2D eigenvalue weighted by Crippen LogP contribution is -2.49. The lowest BCUT2D eigenvalue weighted by atomic mass is 9.99. The van der Waals surface area contributed by atoms with E-state index in [2.05, 4.69) is 31.9 Å². The van der Waals surface area contributed by atoms with Crippen LogP contribution in [0, 0.1) is 12.3 Å². The van der Waals surface area contributed by atoms with Crippen LogP contribution in [-0.4, -0.2) is 126 Å². The van der Waals surface area contributed by atoms with Gasteiger partial charge in [-0.3, -0.25) is 47.2 Å². The van der Waals surface area contributed by atoms with Crippen LogP contribution in [0.5, 0.6) is 0 Å². The second-order valence-corrected chi connectivity index (χ2v) is 16.7. The normalized spacial score (nSPS) is 16.6. The zero-order valence-electron chi connectivity index (χ0n) is 30.3. The smallest absolute Gasteiger partial charge is 0.243 e. The maximum absolute atomic E-state index is 13.2. The van der Waals surface area contributed by atoms with Gasteiger partial charge in [-0.25, -0.2) is 0 Å². The van der Waals surface area contributed by atoms with Crippen molar-refractivity contribution in [3.63, 3.8) is 0 Å². The van der Waals surface area contributed by atoms with Crippen LogP contribution in [0.3, 0.4) is 0 Å². The van der Waals surface area contributed by atoms with Crippen molar-refractivity contribution in [3.8, 4) is 0 Å². The molecule has 0 spiro atoms. The van der Waals surface area contributed by atoms with Gasteiger partial charge < -0.3 is 53.8 Å². The van der Waals surface area contributed by atoms with Gasteiger partial charge in [-0.05, 0) is 26.8 Å². The number of amides is 5. The number of ketones is 3. The zero-order valence-corrected chi connectivity index (χ0v) is 33.8. The Bertz CT molecular complexity index is 1230. The van der Waals surface area contributed by atoms with Crippen LogP contribution in [0.1, 0.15) is 48.2 Å². The Kier molecular flexibility index (Phi) is 23.8. The highest BCUT2D eigenvalue weighted by Crippen LogP contribution is 2.39. The van der Waals surface area contributed by atoms with Crippen molar-refractivity contribution in [2.45, 2.75) is 68.0 Å². The van der Waals surface area contributed by atoms with Gasteiger partial charge in [-0.1, -0.05) is 21.6 Å². The minimum Gasteiger partial charge on any atom is -0.353 e. The van der Waals surface area contributed by atoms with E-state index in [0.717, 1.165) is 18.7 Å². The highest BCUT2D eigenvalue weighted by molar-refractivity contribution is 8.76. The van der Waals surface area contributed by atoms with Crippen LogP contribution in [0.2, 0.25) is 0 Å². The van der Waals surface area contributed by atoms with Crippen molar-refractivity contribution < 1.29 is 41.1 Å². The minimum absolute atomic E-state index is 0.115. The third-order valence-electron chi connectivity index (χ3n) is 6.97. The van der Waals surface area contributed by atoms with Crippen LogP contribution in [0.15, 0.2) is 0 Å². The van der Waals surface area contributed by atoms with E-state index in [1.54, 1.807) is 0 Å². The number of carbonyl (C=O) groups is 8. The first-order valence-electron chi connectivity index (χ1n) is 16.9. The monoisotopic (exact) mass is 816 g/mol. The first kappa shape index (κ1) is 42.7. The molecule has 6 atom stereocenters. The molecule has 0 aromatic carbocycles. The SMILES string of the molecule is [3H][C-](P)C(=O)CNC(=O)CCC(=O)NC(CSSCC(NC(=O)CCC(=O)NCC(=O)[C-]([3H])P)C(=O)NCCSC1CCC1SCCNC)C(C)=O. The van der Waals surface area contributed by atoms with E-state index in [-0.39, 0.29) is 68.3 Å². The lowest BCUT2D eigenvalue weighted by molar-refractivity contribution is -0.130. The van der Waals surface area contributed by atoms with Crippen molar-refractivity contribution in [1.29, 1.82) is 0 Å². The molecule has 5 amide bonds. The molecule has 1 fully saturated rings. The topological polar surface area (TPSA) is 209 Å². The van der Waals surface area contributed by atoms with Gasteiger partial charge in [0.2, 0.25) is 29.5 Å². The molecule has 0 bridgehead atoms. The average Bonchev–Trinajstić information content (AvgIpc) is 3.09. The summed E-state index contributed by atoms with van der Waals surface area (Å²) in [5.41, 5.74) is 0. The van der Waals surface area contributed by atoms with E-state index < -0.39 is 53.2 Å². The maximum atomic E-state index is 13.2. The number of hydrogen-bond acceptors (Lipinski definition) is 13. The van der Waals surface area contributed by atoms with Crippen LogP contribution in [0.25, 0.3) is 0 Å². The maximum Gasteiger partial charge on any atom is 0.243 e. The first-order valence-corrected chi connectivity index (χ1v) is 21.6. The van der Waals surface area contributed by atoms with E-state index in [1.807, 2.05) is 49.1 Å².